The number of carbonyl (C=O) groups is 2. The highest BCUT2D eigenvalue weighted by Gasteiger charge is 2.27. The van der Waals surface area contributed by atoms with E-state index in [9.17, 15) is 19.7 Å². The summed E-state index contributed by atoms with van der Waals surface area (Å²) in [5.74, 6) is -1.00. The molecule has 24 heavy (non-hydrogen) atoms. The zero-order valence-electron chi connectivity index (χ0n) is 13.0. The van der Waals surface area contributed by atoms with Crippen LogP contribution in [-0.4, -0.2) is 47.3 Å². The van der Waals surface area contributed by atoms with Crippen molar-refractivity contribution >= 4 is 29.1 Å². The van der Waals surface area contributed by atoms with Crippen LogP contribution in [0.4, 0.5) is 5.69 Å². The number of nitrogens with two attached hydrogens (primary N) is 1. The molecule has 0 bridgehead atoms. The molecule has 1 aliphatic rings. The molecule has 1 unspecified atom stereocenters. The summed E-state index contributed by atoms with van der Waals surface area (Å²) in [5.41, 5.74) is 5.04. The first-order chi connectivity index (χ1) is 11.5. The van der Waals surface area contributed by atoms with Gasteiger partial charge in [-0.2, -0.15) is 0 Å². The summed E-state index contributed by atoms with van der Waals surface area (Å²) >= 11 is 5.90. The van der Waals surface area contributed by atoms with Gasteiger partial charge in [-0.15, -0.1) is 0 Å². The van der Waals surface area contributed by atoms with E-state index < -0.39 is 16.5 Å². The van der Waals surface area contributed by atoms with E-state index in [4.69, 9.17) is 17.3 Å². The van der Waals surface area contributed by atoms with Crippen LogP contribution < -0.4 is 11.1 Å². The van der Waals surface area contributed by atoms with Gasteiger partial charge in [-0.05, 0) is 25.3 Å². The Hall–Kier alpha value is -2.19. The molecule has 0 spiro atoms. The van der Waals surface area contributed by atoms with E-state index in [1.807, 2.05) is 0 Å². The third kappa shape index (κ3) is 4.01. The van der Waals surface area contributed by atoms with Gasteiger partial charge in [-0.3, -0.25) is 19.7 Å². The number of hydrogen-bond donors (Lipinski definition) is 2. The van der Waals surface area contributed by atoms with Gasteiger partial charge in [-0.25, -0.2) is 0 Å². The van der Waals surface area contributed by atoms with Crippen molar-refractivity contribution in [2.45, 2.75) is 25.3 Å². The number of nitrogens with one attached hydrogen (secondary N) is 1. The lowest BCUT2D eigenvalue weighted by molar-refractivity contribution is -0.385. The molecule has 0 aromatic heterocycles. The predicted molar refractivity (Wildman–Crippen MR) is 88.8 cm³/mol. The highest BCUT2D eigenvalue weighted by Crippen LogP contribution is 2.26. The summed E-state index contributed by atoms with van der Waals surface area (Å²) in [5, 5.41) is 13.4. The number of benzene rings is 1. The Kier molecular flexibility index (Phi) is 6.10. The number of nitro benzene ring substituents is 1. The van der Waals surface area contributed by atoms with E-state index in [-0.39, 0.29) is 29.1 Å². The minimum atomic E-state index is -0.748. The Balaban J connectivity index is 2.06. The lowest BCUT2D eigenvalue weighted by Crippen LogP contribution is -2.50. The number of halogens is 1. The van der Waals surface area contributed by atoms with E-state index in [1.165, 1.54) is 18.2 Å². The fourth-order valence-electron chi connectivity index (χ4n) is 2.81. The fraction of sp³-hybridized carbons (Fsp3) is 0.467. The summed E-state index contributed by atoms with van der Waals surface area (Å²) in [6.45, 7) is 0.718. The van der Waals surface area contributed by atoms with E-state index in [2.05, 4.69) is 5.32 Å². The second kappa shape index (κ2) is 8.07. The quantitative estimate of drug-likeness (QED) is 0.610. The van der Waals surface area contributed by atoms with Gasteiger partial charge in [0.2, 0.25) is 5.91 Å². The van der Waals surface area contributed by atoms with Gasteiger partial charge in [0.25, 0.3) is 11.6 Å². The van der Waals surface area contributed by atoms with E-state index in [0.717, 1.165) is 19.3 Å². The molecule has 2 rings (SSSR count). The van der Waals surface area contributed by atoms with Gasteiger partial charge in [0.05, 0.1) is 16.5 Å². The molecule has 0 radical (unpaired) electrons. The van der Waals surface area contributed by atoms with E-state index >= 15 is 0 Å². The number of carbonyl (C=O) groups excluding carboxylic acids is 2. The van der Waals surface area contributed by atoms with Gasteiger partial charge in [0, 0.05) is 25.2 Å². The maximum atomic E-state index is 12.3. The maximum Gasteiger partial charge on any atom is 0.283 e. The van der Waals surface area contributed by atoms with Crippen LogP contribution >= 0.6 is 11.6 Å². The van der Waals surface area contributed by atoms with Crippen LogP contribution in [0.15, 0.2) is 18.2 Å². The normalized spacial score (nSPS) is 17.4. The number of piperidine rings is 1. The first kappa shape index (κ1) is 18.2. The summed E-state index contributed by atoms with van der Waals surface area (Å²) in [7, 11) is 0. The molecule has 0 aliphatic carbocycles. The number of hydrogen-bond acceptors (Lipinski definition) is 5. The maximum absolute atomic E-state index is 12.3. The number of amides is 2. The van der Waals surface area contributed by atoms with Crippen molar-refractivity contribution in [2.75, 3.05) is 19.6 Å². The highest BCUT2D eigenvalue weighted by atomic mass is 35.5. The molecule has 1 heterocycles. The van der Waals surface area contributed by atoms with Gasteiger partial charge in [0.1, 0.15) is 5.56 Å². The molecule has 1 saturated heterocycles. The van der Waals surface area contributed by atoms with Crippen LogP contribution in [0.3, 0.4) is 0 Å². The second-order valence-electron chi connectivity index (χ2n) is 5.55. The molecule has 2 amide bonds. The lowest BCUT2D eigenvalue weighted by Gasteiger charge is -2.35. The molecule has 1 atom stereocenters. The van der Waals surface area contributed by atoms with Gasteiger partial charge in [-0.1, -0.05) is 17.7 Å². The average Bonchev–Trinajstić information content (AvgIpc) is 2.58. The molecule has 0 saturated carbocycles. The van der Waals surface area contributed by atoms with Crippen LogP contribution in [0, 0.1) is 10.1 Å². The standard InChI is InChI=1S/C15H19ClN4O4/c16-11-5-3-6-12(20(23)24)14(11)15(22)18-9-13(21)19-7-2-1-4-10(19)8-17/h3,5-6,10H,1-2,4,7-9,17H2,(H,18,22). The number of nitrogens with zero attached hydrogens (tertiary/aromatic N) is 2. The van der Waals surface area contributed by atoms with Crippen molar-refractivity contribution in [3.8, 4) is 0 Å². The van der Waals surface area contributed by atoms with Crippen molar-refractivity contribution in [2.24, 2.45) is 5.73 Å². The zero-order valence-corrected chi connectivity index (χ0v) is 13.8. The molecule has 3 N–H and O–H groups in total. The Morgan fingerprint density at radius 3 is 2.83 bits per heavy atom. The lowest BCUT2D eigenvalue weighted by atomic mass is 10.0. The SMILES string of the molecule is NCC1CCCCN1C(=O)CNC(=O)c1c(Cl)cccc1[N+](=O)[O-]. The molecule has 1 aromatic carbocycles. The minimum absolute atomic E-state index is 0.0298. The molecular formula is C15H19ClN4O4. The van der Waals surface area contributed by atoms with Crippen LogP contribution in [0.5, 0.6) is 0 Å². The van der Waals surface area contributed by atoms with Crippen molar-refractivity contribution in [3.05, 3.63) is 38.9 Å². The monoisotopic (exact) mass is 354 g/mol. The summed E-state index contributed by atoms with van der Waals surface area (Å²) in [4.78, 5) is 36.5. The highest BCUT2D eigenvalue weighted by molar-refractivity contribution is 6.34. The van der Waals surface area contributed by atoms with Crippen LogP contribution in [0.2, 0.25) is 5.02 Å². The van der Waals surface area contributed by atoms with Crippen molar-refractivity contribution < 1.29 is 14.5 Å². The molecule has 130 valence electrons. The average molecular weight is 355 g/mol. The van der Waals surface area contributed by atoms with Gasteiger partial charge in [0.15, 0.2) is 0 Å². The molecule has 1 aromatic rings. The first-order valence-corrected chi connectivity index (χ1v) is 8.04. The molecule has 1 aliphatic heterocycles. The second-order valence-corrected chi connectivity index (χ2v) is 5.95. The minimum Gasteiger partial charge on any atom is -0.343 e. The smallest absolute Gasteiger partial charge is 0.283 e. The molecule has 9 heteroatoms. The molecular weight excluding hydrogens is 336 g/mol. The van der Waals surface area contributed by atoms with Crippen molar-refractivity contribution in [1.29, 1.82) is 0 Å². The Labute approximate surface area is 144 Å². The first-order valence-electron chi connectivity index (χ1n) is 7.66. The summed E-state index contributed by atoms with van der Waals surface area (Å²) < 4.78 is 0. The summed E-state index contributed by atoms with van der Waals surface area (Å²) in [6, 6.07) is 3.94. The molecule has 8 nitrogen and oxygen atoms in total. The Bertz CT molecular complexity index is 652. The predicted octanol–water partition coefficient (Wildman–Crippen LogP) is 1.32. The van der Waals surface area contributed by atoms with E-state index in [1.54, 1.807) is 4.90 Å². The van der Waals surface area contributed by atoms with Crippen LogP contribution in [-0.2, 0) is 4.79 Å². The van der Waals surface area contributed by atoms with Crippen molar-refractivity contribution in [1.82, 2.24) is 10.2 Å². The van der Waals surface area contributed by atoms with Crippen LogP contribution in [0.25, 0.3) is 0 Å². The number of likely N-dealkylation sites (tertiary alicyclic amines) is 1. The topological polar surface area (TPSA) is 119 Å². The largest absolute Gasteiger partial charge is 0.343 e. The van der Waals surface area contributed by atoms with Gasteiger partial charge < -0.3 is 16.0 Å². The number of nitro groups is 1. The third-order valence-corrected chi connectivity index (χ3v) is 4.35. The van der Waals surface area contributed by atoms with Crippen LogP contribution in [0.1, 0.15) is 29.6 Å². The van der Waals surface area contributed by atoms with E-state index in [0.29, 0.717) is 13.1 Å². The van der Waals surface area contributed by atoms with Crippen molar-refractivity contribution in [3.63, 3.8) is 0 Å². The zero-order chi connectivity index (χ0) is 17.7. The Morgan fingerprint density at radius 1 is 1.42 bits per heavy atom. The van der Waals surface area contributed by atoms with Gasteiger partial charge >= 0.3 is 0 Å². The molecule has 1 fully saturated rings. The third-order valence-electron chi connectivity index (χ3n) is 4.04. The number of rotatable bonds is 5. The Morgan fingerprint density at radius 2 is 2.17 bits per heavy atom. The summed E-state index contributed by atoms with van der Waals surface area (Å²) in [6.07, 6.45) is 2.75. The fourth-order valence-corrected chi connectivity index (χ4v) is 3.06.